The molecule has 0 heterocycles. The maximum absolute atomic E-state index is 11.7. The van der Waals surface area contributed by atoms with E-state index in [0.29, 0.717) is 0 Å². The summed E-state index contributed by atoms with van der Waals surface area (Å²) in [5.74, 6) is -0.271. The van der Waals surface area contributed by atoms with Crippen molar-refractivity contribution in [3.63, 3.8) is 0 Å². The fourth-order valence-electron chi connectivity index (χ4n) is 1.48. The molecule has 1 aromatic carbocycles. The predicted octanol–water partition coefficient (Wildman–Crippen LogP) is 2.24. The number of oxime groups is 1. The molecule has 0 fully saturated rings. The molecular weight excluding hydrogens is 284 g/mol. The van der Waals surface area contributed by atoms with Gasteiger partial charge in [0.05, 0.1) is 0 Å². The Morgan fingerprint density at radius 3 is 2.65 bits per heavy atom. The second kappa shape index (κ2) is 6.39. The van der Waals surface area contributed by atoms with Crippen molar-refractivity contribution >= 4 is 27.5 Å². The normalized spacial score (nSPS) is 13.1. The van der Waals surface area contributed by atoms with E-state index in [1.54, 1.807) is 7.05 Å². The van der Waals surface area contributed by atoms with E-state index in [1.165, 1.54) is 7.11 Å². The van der Waals surface area contributed by atoms with Crippen molar-refractivity contribution in [2.75, 3.05) is 14.2 Å². The molecule has 17 heavy (non-hydrogen) atoms. The number of likely N-dealkylation sites (N-methyl/N-ethyl adjacent to an activating group) is 1. The predicted molar refractivity (Wildman–Crippen MR) is 71.4 cm³/mol. The molecule has 0 aromatic heterocycles. The molecule has 0 aliphatic carbocycles. The van der Waals surface area contributed by atoms with Crippen LogP contribution in [-0.2, 0) is 9.63 Å². The summed E-state index contributed by atoms with van der Waals surface area (Å²) >= 11 is 3.50. The Morgan fingerprint density at radius 1 is 1.47 bits per heavy atom. The van der Waals surface area contributed by atoms with Crippen LogP contribution < -0.4 is 5.32 Å². The van der Waals surface area contributed by atoms with E-state index in [9.17, 15) is 4.79 Å². The van der Waals surface area contributed by atoms with Crippen LogP contribution in [-0.4, -0.2) is 25.8 Å². The lowest BCUT2D eigenvalue weighted by atomic mass is 10.0. The van der Waals surface area contributed by atoms with E-state index in [1.807, 2.05) is 31.2 Å². The number of hydrogen-bond acceptors (Lipinski definition) is 3. The summed E-state index contributed by atoms with van der Waals surface area (Å²) in [5, 5.41) is 6.34. The lowest BCUT2D eigenvalue weighted by Crippen LogP contribution is -2.29. The molecule has 0 bridgehead atoms. The Morgan fingerprint density at radius 2 is 2.12 bits per heavy atom. The Balaban J connectivity index is 3.28. The summed E-state index contributed by atoms with van der Waals surface area (Å²) in [6.07, 6.45) is 0. The number of nitrogens with zero attached hydrogens (tertiary/aromatic N) is 1. The molecule has 1 amide bonds. The average molecular weight is 299 g/mol. The molecule has 0 radical (unpaired) electrons. The zero-order valence-corrected chi connectivity index (χ0v) is 11.6. The van der Waals surface area contributed by atoms with Gasteiger partial charge in [-0.25, -0.2) is 0 Å². The molecule has 1 unspecified atom stereocenters. The van der Waals surface area contributed by atoms with Gasteiger partial charge in [0, 0.05) is 17.4 Å². The van der Waals surface area contributed by atoms with Crippen LogP contribution in [0.25, 0.3) is 0 Å². The van der Waals surface area contributed by atoms with E-state index in [0.717, 1.165) is 11.1 Å². The number of hydrogen-bond donors (Lipinski definition) is 1. The van der Waals surface area contributed by atoms with Crippen molar-refractivity contribution in [2.24, 2.45) is 5.16 Å². The zero-order chi connectivity index (χ0) is 12.8. The smallest absolute Gasteiger partial charge is 0.273 e. The van der Waals surface area contributed by atoms with Crippen LogP contribution in [0.3, 0.4) is 0 Å². The Kier molecular flexibility index (Phi) is 5.15. The van der Waals surface area contributed by atoms with Gasteiger partial charge in [0.1, 0.15) is 7.11 Å². The first kappa shape index (κ1) is 13.7. The summed E-state index contributed by atoms with van der Waals surface area (Å²) in [5.41, 5.74) is 2.03. The van der Waals surface area contributed by atoms with Gasteiger partial charge in [-0.05, 0) is 12.5 Å². The van der Waals surface area contributed by atoms with Crippen molar-refractivity contribution in [1.29, 1.82) is 0 Å². The first-order valence-electron chi connectivity index (χ1n) is 5.18. The first-order valence-corrected chi connectivity index (χ1v) is 6.10. The van der Waals surface area contributed by atoms with E-state index in [2.05, 4.69) is 26.4 Å². The highest BCUT2D eigenvalue weighted by molar-refractivity contribution is 9.09. The summed E-state index contributed by atoms with van der Waals surface area (Å²) in [6, 6.07) is 7.58. The van der Waals surface area contributed by atoms with E-state index in [4.69, 9.17) is 4.84 Å². The molecule has 1 rings (SSSR count). The van der Waals surface area contributed by atoms with Crippen LogP contribution in [0.15, 0.2) is 29.4 Å². The van der Waals surface area contributed by atoms with Crippen LogP contribution in [0.4, 0.5) is 0 Å². The number of nitrogens with one attached hydrogen (secondary N) is 1. The average Bonchev–Trinajstić information content (AvgIpc) is 2.35. The number of alkyl halides is 1. The van der Waals surface area contributed by atoms with E-state index < -0.39 is 0 Å². The molecule has 0 spiro atoms. The maximum Gasteiger partial charge on any atom is 0.273 e. The summed E-state index contributed by atoms with van der Waals surface area (Å²) in [4.78, 5) is 16.6. The second-order valence-corrected chi connectivity index (χ2v) is 4.78. The van der Waals surface area contributed by atoms with Crippen LogP contribution in [0, 0.1) is 0 Å². The molecule has 1 N–H and O–H groups in total. The number of amides is 1. The molecule has 0 aliphatic heterocycles. The molecule has 1 atom stereocenters. The van der Waals surface area contributed by atoms with Crippen molar-refractivity contribution in [1.82, 2.24) is 5.32 Å². The van der Waals surface area contributed by atoms with Gasteiger partial charge in [-0.3, -0.25) is 4.79 Å². The van der Waals surface area contributed by atoms with Gasteiger partial charge >= 0.3 is 0 Å². The third kappa shape index (κ3) is 3.30. The number of rotatable bonds is 4. The van der Waals surface area contributed by atoms with Gasteiger partial charge in [0.25, 0.3) is 5.91 Å². The summed E-state index contributed by atoms with van der Waals surface area (Å²) < 4.78 is 0. The standard InChI is InChI=1S/C12H15BrN2O2/c1-8(13)9-6-4-5-7-10(9)11(15-17-3)12(16)14-2/h4-8H,1-3H3,(H,14,16)/b15-11+. The summed E-state index contributed by atoms with van der Waals surface area (Å²) in [7, 11) is 2.98. The van der Waals surface area contributed by atoms with Gasteiger partial charge < -0.3 is 10.2 Å². The second-order valence-electron chi connectivity index (χ2n) is 3.40. The lowest BCUT2D eigenvalue weighted by molar-refractivity contribution is -0.114. The van der Waals surface area contributed by atoms with Crippen LogP contribution >= 0.6 is 15.9 Å². The third-order valence-corrected chi connectivity index (χ3v) is 2.76. The fourth-order valence-corrected chi connectivity index (χ4v) is 1.88. The highest BCUT2D eigenvalue weighted by Gasteiger charge is 2.18. The molecular formula is C12H15BrN2O2. The highest BCUT2D eigenvalue weighted by atomic mass is 79.9. The fraction of sp³-hybridized carbons (Fsp3) is 0.333. The van der Waals surface area contributed by atoms with E-state index >= 15 is 0 Å². The molecule has 0 saturated heterocycles. The lowest BCUT2D eigenvalue weighted by Gasteiger charge is -2.12. The van der Waals surface area contributed by atoms with Crippen molar-refractivity contribution in [3.05, 3.63) is 35.4 Å². The SMILES string of the molecule is CNC(=O)/C(=N/OC)c1ccccc1C(C)Br. The minimum absolute atomic E-state index is 0.130. The number of benzene rings is 1. The Bertz CT molecular complexity index is 430. The molecule has 4 nitrogen and oxygen atoms in total. The number of halogens is 1. The monoisotopic (exact) mass is 298 g/mol. The molecule has 5 heteroatoms. The minimum Gasteiger partial charge on any atom is -0.398 e. The largest absolute Gasteiger partial charge is 0.398 e. The van der Waals surface area contributed by atoms with Gasteiger partial charge in [-0.15, -0.1) is 0 Å². The Hall–Kier alpha value is -1.36. The van der Waals surface area contributed by atoms with Crippen LogP contribution in [0.5, 0.6) is 0 Å². The quantitative estimate of drug-likeness (QED) is 0.526. The van der Waals surface area contributed by atoms with Gasteiger partial charge in [0.15, 0.2) is 5.71 Å². The minimum atomic E-state index is -0.271. The highest BCUT2D eigenvalue weighted by Crippen LogP contribution is 2.25. The van der Waals surface area contributed by atoms with Crippen LogP contribution in [0.1, 0.15) is 22.9 Å². The van der Waals surface area contributed by atoms with Gasteiger partial charge in [-0.2, -0.15) is 0 Å². The van der Waals surface area contributed by atoms with Crippen LogP contribution in [0.2, 0.25) is 0 Å². The van der Waals surface area contributed by atoms with Crippen molar-refractivity contribution in [2.45, 2.75) is 11.8 Å². The Labute approximate surface area is 109 Å². The zero-order valence-electron chi connectivity index (χ0n) is 10.0. The molecule has 0 aliphatic rings. The maximum atomic E-state index is 11.7. The number of carbonyl (C=O) groups is 1. The topological polar surface area (TPSA) is 50.7 Å². The van der Waals surface area contributed by atoms with E-state index in [-0.39, 0.29) is 16.4 Å². The first-order chi connectivity index (χ1) is 8.11. The van der Waals surface area contributed by atoms with Crippen molar-refractivity contribution < 1.29 is 9.63 Å². The number of carbonyl (C=O) groups excluding carboxylic acids is 1. The molecule has 1 aromatic rings. The van der Waals surface area contributed by atoms with Gasteiger partial charge in [0.2, 0.25) is 0 Å². The molecule has 0 saturated carbocycles. The van der Waals surface area contributed by atoms with Gasteiger partial charge in [-0.1, -0.05) is 45.4 Å². The summed E-state index contributed by atoms with van der Waals surface area (Å²) in [6.45, 7) is 1.99. The third-order valence-electron chi connectivity index (χ3n) is 2.27. The molecule has 92 valence electrons. The van der Waals surface area contributed by atoms with Crippen molar-refractivity contribution in [3.8, 4) is 0 Å².